The van der Waals surface area contributed by atoms with Gasteiger partial charge in [-0.25, -0.2) is 0 Å². The maximum Gasteiger partial charge on any atom is 0.417 e. The number of rotatable bonds is 6. The number of amides is 2. The number of likely N-dealkylation sites (N-methyl/N-ethyl adjacent to an activating group) is 1. The van der Waals surface area contributed by atoms with Crippen molar-refractivity contribution in [2.75, 3.05) is 30.8 Å². The molecule has 0 bridgehead atoms. The van der Waals surface area contributed by atoms with Crippen molar-refractivity contribution in [3.8, 4) is 0 Å². The van der Waals surface area contributed by atoms with Crippen LogP contribution in [0.5, 0.6) is 0 Å². The van der Waals surface area contributed by atoms with Crippen LogP contribution < -0.4 is 10.6 Å². The van der Waals surface area contributed by atoms with Gasteiger partial charge in [-0.3, -0.25) is 14.5 Å². The van der Waals surface area contributed by atoms with Gasteiger partial charge in [0.15, 0.2) is 0 Å². The Morgan fingerprint density at radius 2 is 1.45 bits per heavy atom. The number of nitrogens with zero attached hydrogens (tertiary/aromatic N) is 1. The number of benzene rings is 2. The molecule has 0 aromatic heterocycles. The van der Waals surface area contributed by atoms with Crippen LogP contribution in [0.3, 0.4) is 0 Å². The van der Waals surface area contributed by atoms with Gasteiger partial charge >= 0.3 is 6.18 Å². The van der Waals surface area contributed by atoms with Crippen LogP contribution in [-0.2, 0) is 15.8 Å². The van der Waals surface area contributed by atoms with E-state index in [1.807, 2.05) is 32.0 Å². The zero-order valence-electron chi connectivity index (χ0n) is 16.2. The standard InChI is InChI=1S/C20H21ClF3N3O2/c1-12-6-13(2)8-15(7-12)26-19(29)11-27(3)10-18(28)25-14-4-5-17(21)16(9-14)20(22,23)24/h4-9H,10-11H2,1-3H3,(H,25,28)(H,26,29). The van der Waals surface area contributed by atoms with Crippen LogP contribution in [0.25, 0.3) is 0 Å². The Hall–Kier alpha value is -2.58. The number of nitrogens with one attached hydrogen (secondary N) is 2. The van der Waals surface area contributed by atoms with Crippen molar-refractivity contribution in [2.24, 2.45) is 0 Å². The lowest BCUT2D eigenvalue weighted by Crippen LogP contribution is -2.36. The minimum absolute atomic E-state index is 0.0280. The molecule has 2 amide bonds. The van der Waals surface area contributed by atoms with E-state index in [1.165, 1.54) is 11.0 Å². The lowest BCUT2D eigenvalue weighted by atomic mass is 10.1. The smallest absolute Gasteiger partial charge is 0.325 e. The molecule has 9 heteroatoms. The van der Waals surface area contributed by atoms with Crippen LogP contribution in [0.1, 0.15) is 16.7 Å². The third kappa shape index (κ3) is 7.07. The van der Waals surface area contributed by atoms with E-state index in [0.717, 1.165) is 23.3 Å². The molecule has 2 aromatic carbocycles. The summed E-state index contributed by atoms with van der Waals surface area (Å²) in [6.07, 6.45) is -4.62. The number of carbonyl (C=O) groups is 2. The van der Waals surface area contributed by atoms with Gasteiger partial charge in [-0.2, -0.15) is 13.2 Å². The Morgan fingerprint density at radius 3 is 1.97 bits per heavy atom. The van der Waals surface area contributed by atoms with Crippen LogP contribution in [0, 0.1) is 13.8 Å². The Labute approximate surface area is 171 Å². The van der Waals surface area contributed by atoms with Crippen LogP contribution in [0.2, 0.25) is 5.02 Å². The fourth-order valence-corrected chi connectivity index (χ4v) is 3.04. The maximum absolute atomic E-state index is 12.9. The molecule has 0 aliphatic carbocycles. The summed E-state index contributed by atoms with van der Waals surface area (Å²) in [7, 11) is 1.56. The quantitative estimate of drug-likeness (QED) is 0.714. The predicted molar refractivity (Wildman–Crippen MR) is 107 cm³/mol. The van der Waals surface area contributed by atoms with E-state index in [4.69, 9.17) is 11.6 Å². The second-order valence-electron chi connectivity index (χ2n) is 6.84. The average Bonchev–Trinajstić information content (AvgIpc) is 2.54. The van der Waals surface area contributed by atoms with E-state index in [9.17, 15) is 22.8 Å². The Morgan fingerprint density at radius 1 is 0.931 bits per heavy atom. The molecule has 0 heterocycles. The van der Waals surface area contributed by atoms with E-state index in [1.54, 1.807) is 7.05 Å². The summed E-state index contributed by atoms with van der Waals surface area (Å²) in [6.45, 7) is 3.60. The van der Waals surface area contributed by atoms with Crippen LogP contribution >= 0.6 is 11.6 Å². The van der Waals surface area contributed by atoms with Gasteiger partial charge < -0.3 is 10.6 Å². The summed E-state index contributed by atoms with van der Waals surface area (Å²) in [6, 6.07) is 8.76. The first-order valence-electron chi connectivity index (χ1n) is 8.67. The SMILES string of the molecule is Cc1cc(C)cc(NC(=O)CN(C)CC(=O)Nc2ccc(Cl)c(C(F)(F)F)c2)c1. The number of halogens is 4. The van der Waals surface area contributed by atoms with E-state index in [0.29, 0.717) is 5.69 Å². The highest BCUT2D eigenvalue weighted by molar-refractivity contribution is 6.31. The maximum atomic E-state index is 12.9. The van der Waals surface area contributed by atoms with Crippen molar-refractivity contribution in [3.05, 3.63) is 58.1 Å². The molecule has 0 unspecified atom stereocenters. The van der Waals surface area contributed by atoms with Crippen molar-refractivity contribution in [2.45, 2.75) is 20.0 Å². The minimum Gasteiger partial charge on any atom is -0.325 e. The highest BCUT2D eigenvalue weighted by Gasteiger charge is 2.33. The van der Waals surface area contributed by atoms with Crippen LogP contribution in [0.4, 0.5) is 24.5 Å². The normalized spacial score (nSPS) is 11.4. The molecular formula is C20H21ClF3N3O2. The Bertz CT molecular complexity index is 896. The van der Waals surface area contributed by atoms with E-state index >= 15 is 0 Å². The number of aryl methyl sites for hydroxylation is 2. The highest BCUT2D eigenvalue weighted by atomic mass is 35.5. The first kappa shape index (κ1) is 22.7. The van der Waals surface area contributed by atoms with Crippen molar-refractivity contribution in [3.63, 3.8) is 0 Å². The third-order valence-electron chi connectivity index (χ3n) is 3.89. The van der Waals surface area contributed by atoms with Gasteiger partial charge in [-0.05, 0) is 62.4 Å². The molecule has 2 N–H and O–H groups in total. The molecule has 2 aromatic rings. The van der Waals surface area contributed by atoms with Crippen LogP contribution in [-0.4, -0.2) is 36.9 Å². The Balaban J connectivity index is 1.91. The number of alkyl halides is 3. The molecule has 0 atom stereocenters. The molecular weight excluding hydrogens is 407 g/mol. The van der Waals surface area contributed by atoms with Crippen molar-refractivity contribution >= 4 is 34.8 Å². The van der Waals surface area contributed by atoms with Gasteiger partial charge in [0.1, 0.15) is 0 Å². The summed E-state index contributed by atoms with van der Waals surface area (Å²) in [5.74, 6) is -0.863. The molecule has 5 nitrogen and oxygen atoms in total. The molecule has 2 rings (SSSR count). The number of hydrogen-bond donors (Lipinski definition) is 2. The van der Waals surface area contributed by atoms with Crippen molar-refractivity contribution in [1.29, 1.82) is 0 Å². The summed E-state index contributed by atoms with van der Waals surface area (Å²) in [4.78, 5) is 25.7. The fraction of sp³-hybridized carbons (Fsp3) is 0.300. The first-order chi connectivity index (χ1) is 13.4. The predicted octanol–water partition coefficient (Wildman–Crippen LogP) is 4.48. The Kier molecular flexibility index (Phi) is 7.26. The third-order valence-corrected chi connectivity index (χ3v) is 4.22. The number of anilines is 2. The zero-order chi connectivity index (χ0) is 21.8. The van der Waals surface area contributed by atoms with Gasteiger partial charge in [0.2, 0.25) is 11.8 Å². The largest absolute Gasteiger partial charge is 0.417 e. The first-order valence-corrected chi connectivity index (χ1v) is 9.05. The molecule has 0 aliphatic heterocycles. The van der Waals surface area contributed by atoms with Crippen LogP contribution in [0.15, 0.2) is 36.4 Å². The fourth-order valence-electron chi connectivity index (χ4n) is 2.81. The molecule has 0 fully saturated rings. The lowest BCUT2D eigenvalue weighted by Gasteiger charge is -2.17. The average molecular weight is 428 g/mol. The monoisotopic (exact) mass is 427 g/mol. The van der Waals surface area contributed by atoms with Crippen molar-refractivity contribution < 1.29 is 22.8 Å². The van der Waals surface area contributed by atoms with Gasteiger partial charge in [0.05, 0.1) is 23.7 Å². The van der Waals surface area contributed by atoms with Gasteiger partial charge in [0.25, 0.3) is 0 Å². The van der Waals surface area contributed by atoms with E-state index in [-0.39, 0.29) is 24.7 Å². The summed E-state index contributed by atoms with van der Waals surface area (Å²) >= 11 is 5.56. The van der Waals surface area contributed by atoms with E-state index < -0.39 is 22.7 Å². The van der Waals surface area contributed by atoms with Gasteiger partial charge in [-0.1, -0.05) is 17.7 Å². The topological polar surface area (TPSA) is 61.4 Å². The molecule has 0 spiro atoms. The van der Waals surface area contributed by atoms with E-state index in [2.05, 4.69) is 10.6 Å². The summed E-state index contributed by atoms with van der Waals surface area (Å²) in [5, 5.41) is 4.69. The van der Waals surface area contributed by atoms with Gasteiger partial charge in [-0.15, -0.1) is 0 Å². The molecule has 0 saturated heterocycles. The number of carbonyl (C=O) groups excluding carboxylic acids is 2. The van der Waals surface area contributed by atoms with Gasteiger partial charge in [0, 0.05) is 11.4 Å². The summed E-state index contributed by atoms with van der Waals surface area (Å²) in [5.41, 5.74) is 1.62. The molecule has 29 heavy (non-hydrogen) atoms. The highest BCUT2D eigenvalue weighted by Crippen LogP contribution is 2.36. The second-order valence-corrected chi connectivity index (χ2v) is 7.24. The second kappa shape index (κ2) is 9.28. The zero-order valence-corrected chi connectivity index (χ0v) is 16.9. The number of hydrogen-bond acceptors (Lipinski definition) is 3. The lowest BCUT2D eigenvalue weighted by molar-refractivity contribution is -0.137. The minimum atomic E-state index is -4.62. The molecule has 156 valence electrons. The van der Waals surface area contributed by atoms with Crippen molar-refractivity contribution in [1.82, 2.24) is 4.90 Å². The summed E-state index contributed by atoms with van der Waals surface area (Å²) < 4.78 is 38.7. The molecule has 0 aliphatic rings. The molecule has 0 radical (unpaired) electrons. The molecule has 0 saturated carbocycles.